The summed E-state index contributed by atoms with van der Waals surface area (Å²) in [6.07, 6.45) is 3.71. The molecule has 1 saturated heterocycles. The first-order chi connectivity index (χ1) is 13.5. The highest BCUT2D eigenvalue weighted by Crippen LogP contribution is 2.24. The molecule has 2 aromatic rings. The average molecular weight is 437 g/mol. The molecule has 0 amide bonds. The highest BCUT2D eigenvalue weighted by Gasteiger charge is 2.21. The molecule has 0 unspecified atom stereocenters. The molecule has 0 aromatic heterocycles. The van der Waals surface area contributed by atoms with Crippen LogP contribution >= 0.6 is 12.4 Å². The minimum atomic E-state index is -3.40. The molecule has 1 heterocycles. The molecule has 160 valence electrons. The average Bonchev–Trinajstić information content (AvgIpc) is 3.12. The molecule has 0 aliphatic carbocycles. The second-order valence-electron chi connectivity index (χ2n) is 7.59. The van der Waals surface area contributed by atoms with Gasteiger partial charge in [-0.05, 0) is 61.6 Å². The Balaban J connectivity index is 0.00000300. The summed E-state index contributed by atoms with van der Waals surface area (Å²) < 4.78 is 26.7. The molecule has 1 aliphatic heterocycles. The van der Waals surface area contributed by atoms with Gasteiger partial charge >= 0.3 is 0 Å². The van der Waals surface area contributed by atoms with E-state index in [-0.39, 0.29) is 12.4 Å². The fraction of sp³-hybridized carbons (Fsp3) is 0.478. The van der Waals surface area contributed by atoms with Crippen molar-refractivity contribution in [2.75, 3.05) is 26.2 Å². The van der Waals surface area contributed by atoms with Crippen LogP contribution in [0.25, 0.3) is 11.1 Å². The summed E-state index contributed by atoms with van der Waals surface area (Å²) in [5.41, 5.74) is 3.51. The Morgan fingerprint density at radius 3 is 2.00 bits per heavy atom. The molecule has 0 N–H and O–H groups in total. The highest BCUT2D eigenvalue weighted by molar-refractivity contribution is 7.89. The van der Waals surface area contributed by atoms with E-state index < -0.39 is 10.0 Å². The normalized spacial score (nSPS) is 17.4. The van der Waals surface area contributed by atoms with Gasteiger partial charge in [-0.3, -0.25) is 0 Å². The zero-order chi connectivity index (χ0) is 20.1. The third kappa shape index (κ3) is 5.60. The topological polar surface area (TPSA) is 40.6 Å². The molecular formula is C23H33ClN2O2S. The quantitative estimate of drug-likeness (QED) is 0.594. The Kier molecular flexibility index (Phi) is 8.71. The van der Waals surface area contributed by atoms with Gasteiger partial charge in [-0.25, -0.2) is 8.42 Å². The van der Waals surface area contributed by atoms with Gasteiger partial charge in [0, 0.05) is 25.7 Å². The van der Waals surface area contributed by atoms with E-state index in [1.807, 2.05) is 26.0 Å². The maximum Gasteiger partial charge on any atom is 0.243 e. The number of halogens is 1. The molecule has 2 aromatic carbocycles. The van der Waals surface area contributed by atoms with Crippen molar-refractivity contribution in [1.29, 1.82) is 0 Å². The summed E-state index contributed by atoms with van der Waals surface area (Å²) in [4.78, 5) is 2.93. The van der Waals surface area contributed by atoms with E-state index in [1.165, 1.54) is 29.3 Å². The largest absolute Gasteiger partial charge is 0.300 e. The first-order valence-electron chi connectivity index (χ1n) is 10.4. The molecule has 3 rings (SSSR count). The predicted molar refractivity (Wildman–Crippen MR) is 123 cm³/mol. The molecule has 0 radical (unpaired) electrons. The van der Waals surface area contributed by atoms with Gasteiger partial charge in [0.15, 0.2) is 0 Å². The van der Waals surface area contributed by atoms with Gasteiger partial charge in [-0.15, -0.1) is 12.4 Å². The number of nitrogens with zero attached hydrogens (tertiary/aromatic N) is 2. The van der Waals surface area contributed by atoms with Crippen LogP contribution in [-0.2, 0) is 16.4 Å². The Morgan fingerprint density at radius 2 is 1.52 bits per heavy atom. The van der Waals surface area contributed by atoms with Crippen LogP contribution in [0.3, 0.4) is 0 Å². The van der Waals surface area contributed by atoms with Gasteiger partial charge in [-0.1, -0.05) is 50.2 Å². The third-order valence-corrected chi connectivity index (χ3v) is 7.93. The standard InChI is InChI=1S/C23H32N2O2S.ClH/c1-4-25(5-2)28(26,27)23-14-12-22(13-15-23)21-10-8-20(9-11-21)16-18-24-17-6-7-19(24)3;/h8-15,19H,4-7,16-18H2,1-3H3;1H/t19-;/m1./s1. The van der Waals surface area contributed by atoms with Gasteiger partial charge < -0.3 is 4.90 Å². The zero-order valence-corrected chi connectivity index (χ0v) is 19.3. The van der Waals surface area contributed by atoms with E-state index in [1.54, 1.807) is 12.1 Å². The number of hydrogen-bond donors (Lipinski definition) is 0. The van der Waals surface area contributed by atoms with Crippen LogP contribution < -0.4 is 0 Å². The maximum absolute atomic E-state index is 12.6. The van der Waals surface area contributed by atoms with E-state index in [4.69, 9.17) is 0 Å². The van der Waals surface area contributed by atoms with E-state index in [9.17, 15) is 8.42 Å². The lowest BCUT2D eigenvalue weighted by atomic mass is 10.0. The van der Waals surface area contributed by atoms with Gasteiger partial charge in [0.25, 0.3) is 0 Å². The Morgan fingerprint density at radius 1 is 0.966 bits per heavy atom. The first kappa shape index (κ1) is 23.9. The molecule has 1 atom stereocenters. The molecule has 6 heteroatoms. The Hall–Kier alpha value is -1.40. The van der Waals surface area contributed by atoms with Gasteiger partial charge in [0.2, 0.25) is 10.0 Å². The summed E-state index contributed by atoms with van der Waals surface area (Å²) >= 11 is 0. The number of sulfonamides is 1. The maximum atomic E-state index is 12.6. The highest BCUT2D eigenvalue weighted by atomic mass is 35.5. The van der Waals surface area contributed by atoms with Crippen molar-refractivity contribution in [3.63, 3.8) is 0 Å². The van der Waals surface area contributed by atoms with Crippen LogP contribution in [0.5, 0.6) is 0 Å². The van der Waals surface area contributed by atoms with Crippen molar-refractivity contribution in [2.24, 2.45) is 0 Å². The summed E-state index contributed by atoms with van der Waals surface area (Å²) in [7, 11) is -3.40. The van der Waals surface area contributed by atoms with Gasteiger partial charge in [-0.2, -0.15) is 4.31 Å². The van der Waals surface area contributed by atoms with Crippen molar-refractivity contribution in [2.45, 2.75) is 51.0 Å². The summed E-state index contributed by atoms with van der Waals surface area (Å²) in [6, 6.07) is 16.6. The molecule has 1 aliphatic rings. The van der Waals surface area contributed by atoms with E-state index in [2.05, 4.69) is 36.1 Å². The summed E-state index contributed by atoms with van der Waals surface area (Å²) in [5, 5.41) is 0. The lowest BCUT2D eigenvalue weighted by Gasteiger charge is -2.20. The van der Waals surface area contributed by atoms with Crippen LogP contribution in [-0.4, -0.2) is 49.8 Å². The number of likely N-dealkylation sites (tertiary alicyclic amines) is 1. The monoisotopic (exact) mass is 436 g/mol. The Bertz CT molecular complexity index is 863. The fourth-order valence-electron chi connectivity index (χ4n) is 3.99. The van der Waals surface area contributed by atoms with Crippen molar-refractivity contribution in [3.8, 4) is 11.1 Å². The summed E-state index contributed by atoms with van der Waals surface area (Å²) in [5.74, 6) is 0. The third-order valence-electron chi connectivity index (χ3n) is 5.86. The molecule has 29 heavy (non-hydrogen) atoms. The van der Waals surface area contributed by atoms with E-state index in [0.717, 1.165) is 24.1 Å². The van der Waals surface area contributed by atoms with Crippen molar-refractivity contribution >= 4 is 22.4 Å². The molecule has 1 fully saturated rings. The second-order valence-corrected chi connectivity index (χ2v) is 9.53. The lowest BCUT2D eigenvalue weighted by molar-refractivity contribution is 0.272. The van der Waals surface area contributed by atoms with Crippen LogP contribution in [0.15, 0.2) is 53.4 Å². The smallest absolute Gasteiger partial charge is 0.243 e. The van der Waals surface area contributed by atoms with Crippen LogP contribution in [0.4, 0.5) is 0 Å². The molecule has 0 saturated carbocycles. The zero-order valence-electron chi connectivity index (χ0n) is 17.7. The second kappa shape index (κ2) is 10.6. The van der Waals surface area contributed by atoms with E-state index in [0.29, 0.717) is 24.0 Å². The molecule has 0 bridgehead atoms. The minimum Gasteiger partial charge on any atom is -0.300 e. The first-order valence-corrected chi connectivity index (χ1v) is 11.8. The molecule has 0 spiro atoms. The predicted octanol–water partition coefficient (Wildman–Crippen LogP) is 4.83. The number of rotatable bonds is 8. The minimum absolute atomic E-state index is 0. The van der Waals surface area contributed by atoms with Crippen LogP contribution in [0.1, 0.15) is 39.2 Å². The number of benzene rings is 2. The van der Waals surface area contributed by atoms with Crippen molar-refractivity contribution < 1.29 is 8.42 Å². The van der Waals surface area contributed by atoms with Crippen LogP contribution in [0, 0.1) is 0 Å². The SMILES string of the molecule is CCN(CC)S(=O)(=O)c1ccc(-c2ccc(CCN3CCC[C@H]3C)cc2)cc1.Cl. The van der Waals surface area contributed by atoms with Crippen molar-refractivity contribution in [3.05, 3.63) is 54.1 Å². The fourth-order valence-corrected chi connectivity index (χ4v) is 5.45. The summed E-state index contributed by atoms with van der Waals surface area (Å²) in [6.45, 7) is 9.36. The van der Waals surface area contributed by atoms with Gasteiger partial charge in [0.1, 0.15) is 0 Å². The van der Waals surface area contributed by atoms with Gasteiger partial charge in [0.05, 0.1) is 4.90 Å². The lowest BCUT2D eigenvalue weighted by Crippen LogP contribution is -2.30. The molecule has 4 nitrogen and oxygen atoms in total. The van der Waals surface area contributed by atoms with Crippen molar-refractivity contribution in [1.82, 2.24) is 9.21 Å². The Labute approximate surface area is 182 Å². The number of hydrogen-bond acceptors (Lipinski definition) is 3. The van der Waals surface area contributed by atoms with Crippen LogP contribution in [0.2, 0.25) is 0 Å². The molecular weight excluding hydrogens is 404 g/mol. The van der Waals surface area contributed by atoms with E-state index >= 15 is 0 Å².